The maximum atomic E-state index is 5.27. The first kappa shape index (κ1) is 27.9. The number of imidazole rings is 1. The van der Waals surface area contributed by atoms with Gasteiger partial charge in [-0.2, -0.15) is 0 Å². The van der Waals surface area contributed by atoms with Crippen molar-refractivity contribution in [1.82, 2.24) is 24.3 Å². The van der Waals surface area contributed by atoms with Crippen molar-refractivity contribution in [2.24, 2.45) is 0 Å². The molecule has 5 nitrogen and oxygen atoms in total. The molecule has 4 aromatic heterocycles. The van der Waals surface area contributed by atoms with E-state index in [0.717, 1.165) is 72.3 Å². The van der Waals surface area contributed by atoms with Gasteiger partial charge in [-0.15, -0.1) is 0 Å². The van der Waals surface area contributed by atoms with Crippen LogP contribution in [-0.4, -0.2) is 24.3 Å². The number of aromatic nitrogens is 5. The van der Waals surface area contributed by atoms with Crippen LogP contribution in [-0.2, 0) is 0 Å². The van der Waals surface area contributed by atoms with Gasteiger partial charge in [-0.25, -0.2) is 15.0 Å². The number of fused-ring (bicyclic) bond motifs is 13. The maximum absolute atomic E-state index is 5.27. The van der Waals surface area contributed by atoms with Crippen LogP contribution in [0.25, 0.3) is 105 Å². The van der Waals surface area contributed by atoms with Crippen LogP contribution >= 0.6 is 0 Å². The van der Waals surface area contributed by atoms with E-state index in [1.54, 1.807) is 6.20 Å². The van der Waals surface area contributed by atoms with Gasteiger partial charge in [-0.05, 0) is 80.5 Å². The summed E-state index contributed by atoms with van der Waals surface area (Å²) in [5.74, 6) is 0. The van der Waals surface area contributed by atoms with Crippen LogP contribution in [0.3, 0.4) is 0 Å². The smallest absolute Gasteiger partial charge is 0.137 e. The highest BCUT2D eigenvalue weighted by Crippen LogP contribution is 2.41. The van der Waals surface area contributed by atoms with E-state index in [4.69, 9.17) is 15.0 Å². The van der Waals surface area contributed by atoms with E-state index >= 15 is 0 Å². The zero-order valence-electron chi connectivity index (χ0n) is 27.3. The van der Waals surface area contributed by atoms with Gasteiger partial charge >= 0.3 is 0 Å². The van der Waals surface area contributed by atoms with E-state index in [0.29, 0.717) is 0 Å². The zero-order chi connectivity index (χ0) is 33.5. The van der Waals surface area contributed by atoms with Crippen molar-refractivity contribution in [2.75, 3.05) is 0 Å². The Morgan fingerprint density at radius 3 is 2.12 bits per heavy atom. The molecule has 0 N–H and O–H groups in total. The first-order chi connectivity index (χ1) is 25.3. The summed E-state index contributed by atoms with van der Waals surface area (Å²) in [6.45, 7) is 0. The number of benzene rings is 7. The van der Waals surface area contributed by atoms with Crippen molar-refractivity contribution < 1.29 is 0 Å². The van der Waals surface area contributed by atoms with E-state index in [2.05, 4.69) is 131 Å². The summed E-state index contributed by atoms with van der Waals surface area (Å²) in [5, 5.41) is 9.44. The molecule has 0 aliphatic rings. The third-order valence-corrected chi connectivity index (χ3v) is 10.2. The average Bonchev–Trinajstić information content (AvgIpc) is 3.60. The highest BCUT2D eigenvalue weighted by Gasteiger charge is 2.18. The minimum Gasteiger partial charge on any atom is -0.299 e. The molecule has 0 atom stereocenters. The summed E-state index contributed by atoms with van der Waals surface area (Å²) in [7, 11) is 0. The molecule has 0 saturated heterocycles. The molecular formula is C46H27N5. The monoisotopic (exact) mass is 649 g/mol. The molecule has 0 unspecified atom stereocenters. The minimum atomic E-state index is 0.776. The number of hydrogen-bond acceptors (Lipinski definition) is 4. The summed E-state index contributed by atoms with van der Waals surface area (Å²) in [4.78, 5) is 20.2. The van der Waals surface area contributed by atoms with Crippen LogP contribution in [0, 0.1) is 0 Å². The Morgan fingerprint density at radius 2 is 1.22 bits per heavy atom. The molecule has 0 spiro atoms. The van der Waals surface area contributed by atoms with Crippen molar-refractivity contribution in [3.05, 3.63) is 164 Å². The second-order valence-corrected chi connectivity index (χ2v) is 13.1. The predicted molar refractivity (Wildman–Crippen MR) is 210 cm³/mol. The Bertz CT molecular complexity index is 3190. The van der Waals surface area contributed by atoms with E-state index in [9.17, 15) is 0 Å². The molecule has 0 bridgehead atoms. The molecule has 0 aliphatic heterocycles. The minimum absolute atomic E-state index is 0.776. The Kier molecular flexibility index (Phi) is 5.89. The van der Waals surface area contributed by atoms with Gasteiger partial charge in [0.05, 0.1) is 33.5 Å². The summed E-state index contributed by atoms with van der Waals surface area (Å²) in [6, 6.07) is 53.3. The number of hydrogen-bond donors (Lipinski definition) is 0. The molecule has 0 radical (unpaired) electrons. The van der Waals surface area contributed by atoms with Gasteiger partial charge in [0, 0.05) is 34.1 Å². The molecule has 51 heavy (non-hydrogen) atoms. The first-order valence-electron chi connectivity index (χ1n) is 17.1. The molecule has 0 saturated carbocycles. The molecule has 11 aromatic rings. The van der Waals surface area contributed by atoms with Crippen LogP contribution in [0.4, 0.5) is 0 Å². The quantitative estimate of drug-likeness (QED) is 0.179. The van der Waals surface area contributed by atoms with Crippen molar-refractivity contribution in [2.45, 2.75) is 0 Å². The van der Waals surface area contributed by atoms with Crippen molar-refractivity contribution >= 4 is 70.8 Å². The van der Waals surface area contributed by atoms with Gasteiger partial charge in [0.15, 0.2) is 0 Å². The SMILES string of the molecule is c1ccc(-c2nc3ccc4cc(-c5ccc6c(c5)c5c7ccccc7ccc5c5nc7ccccn7c65)ccc4c3nc2-c2ccccn2)cc1. The second kappa shape index (κ2) is 10.8. The van der Waals surface area contributed by atoms with Gasteiger partial charge in [-0.3, -0.25) is 9.38 Å². The molecular weight excluding hydrogens is 623 g/mol. The fraction of sp³-hybridized carbons (Fsp3) is 0. The third kappa shape index (κ3) is 4.22. The molecule has 0 aliphatic carbocycles. The Hall–Kier alpha value is -6.98. The Balaban J connectivity index is 1.14. The predicted octanol–water partition coefficient (Wildman–Crippen LogP) is 11.4. The lowest BCUT2D eigenvalue weighted by Crippen LogP contribution is -1.97. The van der Waals surface area contributed by atoms with E-state index in [-0.39, 0.29) is 0 Å². The van der Waals surface area contributed by atoms with Crippen LogP contribution < -0.4 is 0 Å². The third-order valence-electron chi connectivity index (χ3n) is 10.2. The topological polar surface area (TPSA) is 56.0 Å². The van der Waals surface area contributed by atoms with Crippen LogP contribution in [0.1, 0.15) is 0 Å². The van der Waals surface area contributed by atoms with E-state index in [1.165, 1.54) is 32.3 Å². The molecule has 7 aromatic carbocycles. The van der Waals surface area contributed by atoms with E-state index < -0.39 is 0 Å². The standard InChI is InChI=1S/C46H27N5/c1-2-11-29(12-3-1)42-45(38-14-6-8-24-47-38)50-43-34-20-17-30(26-32(34)19-23-39(43)48-42)31-18-21-35-37(27-31)41-33-13-5-4-10-28(33)16-22-36(41)44-46(35)51-25-9-7-15-40(51)49-44/h1-27H. The van der Waals surface area contributed by atoms with Crippen molar-refractivity contribution in [3.8, 4) is 33.8 Å². The lowest BCUT2D eigenvalue weighted by molar-refractivity contribution is 1.23. The summed E-state index contributed by atoms with van der Waals surface area (Å²) in [5.41, 5.74) is 10.6. The van der Waals surface area contributed by atoms with Gasteiger partial charge < -0.3 is 0 Å². The summed E-state index contributed by atoms with van der Waals surface area (Å²) >= 11 is 0. The Labute approximate surface area is 292 Å². The average molecular weight is 650 g/mol. The van der Waals surface area contributed by atoms with Gasteiger partial charge in [0.1, 0.15) is 11.3 Å². The van der Waals surface area contributed by atoms with E-state index in [1.807, 2.05) is 36.4 Å². The first-order valence-corrected chi connectivity index (χ1v) is 17.1. The highest BCUT2D eigenvalue weighted by molar-refractivity contribution is 6.31. The van der Waals surface area contributed by atoms with Gasteiger partial charge in [0.2, 0.25) is 0 Å². The van der Waals surface area contributed by atoms with Crippen LogP contribution in [0.15, 0.2) is 164 Å². The van der Waals surface area contributed by atoms with Gasteiger partial charge in [-0.1, -0.05) is 109 Å². The molecule has 5 heteroatoms. The van der Waals surface area contributed by atoms with Crippen molar-refractivity contribution in [1.29, 1.82) is 0 Å². The highest BCUT2D eigenvalue weighted by atomic mass is 15.0. The largest absolute Gasteiger partial charge is 0.299 e. The molecule has 4 heterocycles. The lowest BCUT2D eigenvalue weighted by atomic mass is 9.92. The van der Waals surface area contributed by atoms with Gasteiger partial charge in [0.25, 0.3) is 0 Å². The normalized spacial score (nSPS) is 11.9. The van der Waals surface area contributed by atoms with Crippen LogP contribution in [0.2, 0.25) is 0 Å². The van der Waals surface area contributed by atoms with Crippen LogP contribution in [0.5, 0.6) is 0 Å². The zero-order valence-corrected chi connectivity index (χ0v) is 27.3. The second-order valence-electron chi connectivity index (χ2n) is 13.1. The summed E-state index contributed by atoms with van der Waals surface area (Å²) < 4.78 is 2.22. The fourth-order valence-electron chi connectivity index (χ4n) is 7.84. The number of pyridine rings is 2. The lowest BCUT2D eigenvalue weighted by Gasteiger charge is -2.13. The van der Waals surface area contributed by atoms with Crippen molar-refractivity contribution in [3.63, 3.8) is 0 Å². The Morgan fingerprint density at radius 1 is 0.431 bits per heavy atom. The maximum Gasteiger partial charge on any atom is 0.137 e. The molecule has 11 rings (SSSR count). The molecule has 0 fully saturated rings. The molecule has 0 amide bonds. The molecule has 236 valence electrons. The summed E-state index contributed by atoms with van der Waals surface area (Å²) in [6.07, 6.45) is 3.92. The fourth-order valence-corrected chi connectivity index (χ4v) is 7.84. The number of rotatable bonds is 3. The number of nitrogens with zero attached hydrogens (tertiary/aromatic N) is 5.